The molecule has 0 saturated heterocycles. The second-order valence-corrected chi connectivity index (χ2v) is 5.91. The highest BCUT2D eigenvalue weighted by Gasteiger charge is 2.32. The number of benzene rings is 2. The zero-order valence-electron chi connectivity index (χ0n) is 13.4. The molecule has 3 rings (SSSR count). The van der Waals surface area contributed by atoms with E-state index in [1.54, 1.807) is 7.11 Å². The number of methoxy groups -OCH3 is 1. The molecule has 0 bridgehead atoms. The van der Waals surface area contributed by atoms with Crippen LogP contribution in [0.5, 0.6) is 11.5 Å². The van der Waals surface area contributed by atoms with Crippen molar-refractivity contribution in [2.24, 2.45) is 0 Å². The zero-order chi connectivity index (χ0) is 15.7. The molecule has 0 unspecified atom stereocenters. The Balaban J connectivity index is 1.92. The first-order valence-corrected chi connectivity index (χ1v) is 7.69. The second-order valence-electron chi connectivity index (χ2n) is 5.91. The van der Waals surface area contributed by atoms with Gasteiger partial charge in [-0.05, 0) is 48.2 Å². The topological polar surface area (TPSA) is 18.5 Å². The fraction of sp³-hybridized carbons (Fsp3) is 0.300. The first-order chi connectivity index (χ1) is 10.6. The summed E-state index contributed by atoms with van der Waals surface area (Å²) in [5.41, 5.74) is 5.08. The first-order valence-electron chi connectivity index (χ1n) is 7.69. The van der Waals surface area contributed by atoms with Crippen molar-refractivity contribution in [2.45, 2.75) is 32.3 Å². The average molecular weight is 294 g/mol. The molecular weight excluding hydrogens is 272 g/mol. The van der Waals surface area contributed by atoms with E-state index in [0.717, 1.165) is 17.9 Å². The molecule has 22 heavy (non-hydrogen) atoms. The summed E-state index contributed by atoms with van der Waals surface area (Å²) in [7, 11) is 1.68. The van der Waals surface area contributed by atoms with E-state index in [0.29, 0.717) is 5.92 Å². The van der Waals surface area contributed by atoms with Gasteiger partial charge in [-0.3, -0.25) is 0 Å². The number of allylic oxidation sites excluding steroid dienone is 1. The molecule has 0 aromatic heterocycles. The summed E-state index contributed by atoms with van der Waals surface area (Å²) in [5.74, 6) is 2.22. The Morgan fingerprint density at radius 1 is 1.23 bits per heavy atom. The summed E-state index contributed by atoms with van der Waals surface area (Å²) >= 11 is 0. The van der Waals surface area contributed by atoms with Gasteiger partial charge in [0.2, 0.25) is 0 Å². The van der Waals surface area contributed by atoms with Crippen LogP contribution in [-0.2, 0) is 6.42 Å². The number of aryl methyl sites for hydroxylation is 1. The number of rotatable bonds is 4. The molecule has 2 atom stereocenters. The predicted octanol–water partition coefficient (Wildman–Crippen LogP) is 4.97. The van der Waals surface area contributed by atoms with Gasteiger partial charge in [0, 0.05) is 11.5 Å². The number of hydrogen-bond donors (Lipinski definition) is 0. The summed E-state index contributed by atoms with van der Waals surface area (Å²) in [6.07, 6.45) is 2.93. The minimum absolute atomic E-state index is 0.0688. The fourth-order valence-corrected chi connectivity index (χ4v) is 3.13. The van der Waals surface area contributed by atoms with Crippen LogP contribution in [0, 0.1) is 6.92 Å². The molecule has 114 valence electrons. The van der Waals surface area contributed by atoms with Crippen LogP contribution in [0.4, 0.5) is 0 Å². The van der Waals surface area contributed by atoms with Crippen LogP contribution in [0.15, 0.2) is 49.1 Å². The van der Waals surface area contributed by atoms with Gasteiger partial charge in [-0.2, -0.15) is 0 Å². The Kier molecular flexibility index (Phi) is 3.93. The molecule has 2 heteroatoms. The normalized spacial score (nSPS) is 19.4. The van der Waals surface area contributed by atoms with Crippen molar-refractivity contribution in [3.8, 4) is 11.5 Å². The first kappa shape index (κ1) is 14.7. The fourth-order valence-electron chi connectivity index (χ4n) is 3.13. The van der Waals surface area contributed by atoms with E-state index in [1.165, 1.54) is 22.3 Å². The Morgan fingerprint density at radius 3 is 2.59 bits per heavy atom. The number of fused-ring (bicyclic) bond motifs is 1. The molecular formula is C20H22O2. The summed E-state index contributed by atoms with van der Waals surface area (Å²) in [6.45, 7) is 8.21. The van der Waals surface area contributed by atoms with E-state index in [2.05, 4.69) is 44.7 Å². The second kappa shape index (κ2) is 5.88. The van der Waals surface area contributed by atoms with Crippen LogP contribution in [0.1, 0.15) is 41.2 Å². The van der Waals surface area contributed by atoms with E-state index in [4.69, 9.17) is 9.47 Å². The summed E-state index contributed by atoms with van der Waals surface area (Å²) in [4.78, 5) is 0. The maximum Gasteiger partial charge on any atom is 0.130 e. The predicted molar refractivity (Wildman–Crippen MR) is 89.9 cm³/mol. The van der Waals surface area contributed by atoms with E-state index >= 15 is 0 Å². The van der Waals surface area contributed by atoms with Crippen LogP contribution in [0.3, 0.4) is 0 Å². The van der Waals surface area contributed by atoms with Crippen molar-refractivity contribution >= 4 is 0 Å². The molecule has 2 aromatic carbocycles. The van der Waals surface area contributed by atoms with Crippen molar-refractivity contribution < 1.29 is 9.47 Å². The van der Waals surface area contributed by atoms with Gasteiger partial charge in [-0.25, -0.2) is 0 Å². The van der Waals surface area contributed by atoms with Crippen LogP contribution in [0.2, 0.25) is 0 Å². The maximum absolute atomic E-state index is 6.23. The molecule has 0 saturated carbocycles. The van der Waals surface area contributed by atoms with Crippen molar-refractivity contribution in [2.75, 3.05) is 7.11 Å². The molecule has 0 amide bonds. The monoisotopic (exact) mass is 294 g/mol. The average Bonchev–Trinajstić information content (AvgIpc) is 2.84. The third-order valence-corrected chi connectivity index (χ3v) is 4.48. The van der Waals surface area contributed by atoms with Crippen LogP contribution in [-0.4, -0.2) is 7.11 Å². The van der Waals surface area contributed by atoms with E-state index in [1.807, 2.05) is 18.2 Å². The van der Waals surface area contributed by atoms with Crippen molar-refractivity contribution in [1.82, 2.24) is 0 Å². The lowest BCUT2D eigenvalue weighted by Gasteiger charge is -2.16. The molecule has 0 radical (unpaired) electrons. The lowest BCUT2D eigenvalue weighted by molar-refractivity contribution is 0.216. The SMILES string of the molecule is C=CCc1cc2c(cc1C)O[C@H](c1ccc(OC)cc1)[C@H]2C. The molecule has 2 aromatic rings. The van der Waals surface area contributed by atoms with Crippen molar-refractivity contribution in [1.29, 1.82) is 0 Å². The van der Waals surface area contributed by atoms with Gasteiger partial charge in [0.1, 0.15) is 17.6 Å². The summed E-state index contributed by atoms with van der Waals surface area (Å²) in [6, 6.07) is 12.6. The molecule has 0 N–H and O–H groups in total. The van der Waals surface area contributed by atoms with Crippen molar-refractivity contribution in [3.05, 3.63) is 71.3 Å². The molecule has 2 nitrogen and oxygen atoms in total. The highest BCUT2D eigenvalue weighted by Crippen LogP contribution is 2.46. The van der Waals surface area contributed by atoms with Gasteiger partial charge in [0.05, 0.1) is 7.11 Å². The van der Waals surface area contributed by atoms with E-state index in [-0.39, 0.29) is 6.10 Å². The zero-order valence-corrected chi connectivity index (χ0v) is 13.4. The third kappa shape index (κ3) is 2.50. The lowest BCUT2D eigenvalue weighted by atomic mass is 9.90. The van der Waals surface area contributed by atoms with Crippen LogP contribution >= 0.6 is 0 Å². The highest BCUT2D eigenvalue weighted by atomic mass is 16.5. The molecule has 0 aliphatic carbocycles. The minimum atomic E-state index is 0.0688. The van der Waals surface area contributed by atoms with Crippen LogP contribution in [0.25, 0.3) is 0 Å². The van der Waals surface area contributed by atoms with Gasteiger partial charge in [-0.1, -0.05) is 31.2 Å². The van der Waals surface area contributed by atoms with Crippen molar-refractivity contribution in [3.63, 3.8) is 0 Å². The third-order valence-electron chi connectivity index (χ3n) is 4.48. The largest absolute Gasteiger partial charge is 0.497 e. The van der Waals surface area contributed by atoms with E-state index in [9.17, 15) is 0 Å². The molecule has 1 aliphatic heterocycles. The molecule has 1 heterocycles. The standard InChI is InChI=1S/C20H22O2/c1-5-6-16-12-18-14(3)20(22-19(18)11-13(16)2)15-7-9-17(21-4)10-8-15/h5,7-12,14,20H,1,6H2,2-4H3/t14-,20-/m0/s1. The number of ether oxygens (including phenoxy) is 2. The quantitative estimate of drug-likeness (QED) is 0.741. The summed E-state index contributed by atoms with van der Waals surface area (Å²) < 4.78 is 11.5. The smallest absolute Gasteiger partial charge is 0.130 e. The Morgan fingerprint density at radius 2 is 1.95 bits per heavy atom. The molecule has 1 aliphatic rings. The van der Waals surface area contributed by atoms with Crippen LogP contribution < -0.4 is 9.47 Å². The molecule has 0 fully saturated rings. The maximum atomic E-state index is 6.23. The van der Waals surface area contributed by atoms with Gasteiger partial charge < -0.3 is 9.47 Å². The number of hydrogen-bond acceptors (Lipinski definition) is 2. The van der Waals surface area contributed by atoms with Gasteiger partial charge in [0.15, 0.2) is 0 Å². The Bertz CT molecular complexity index is 686. The van der Waals surface area contributed by atoms with Gasteiger partial charge in [-0.15, -0.1) is 6.58 Å². The Hall–Kier alpha value is -2.22. The summed E-state index contributed by atoms with van der Waals surface area (Å²) in [5, 5.41) is 0. The Labute approximate surface area is 132 Å². The van der Waals surface area contributed by atoms with Gasteiger partial charge in [0.25, 0.3) is 0 Å². The highest BCUT2D eigenvalue weighted by molar-refractivity contribution is 5.49. The lowest BCUT2D eigenvalue weighted by Crippen LogP contribution is -2.07. The van der Waals surface area contributed by atoms with E-state index < -0.39 is 0 Å². The minimum Gasteiger partial charge on any atom is -0.497 e. The molecule has 0 spiro atoms. The van der Waals surface area contributed by atoms with Gasteiger partial charge >= 0.3 is 0 Å².